The lowest BCUT2D eigenvalue weighted by Gasteiger charge is -2.12. The smallest absolute Gasteiger partial charge is 0.269 e. The molecule has 0 aliphatic carbocycles. The van der Waals surface area contributed by atoms with E-state index in [1.54, 1.807) is 12.1 Å². The Kier molecular flexibility index (Phi) is 5.30. The molecular weight excluding hydrogens is 232 g/mol. The third kappa shape index (κ3) is 3.84. The van der Waals surface area contributed by atoms with Crippen molar-refractivity contribution in [2.24, 2.45) is 5.92 Å². The van der Waals surface area contributed by atoms with Crippen molar-refractivity contribution in [1.29, 1.82) is 0 Å². The number of hydrogen-bond donors (Lipinski definition) is 1. The lowest BCUT2D eigenvalue weighted by molar-refractivity contribution is -0.384. The number of nitrogens with zero attached hydrogens (tertiary/aromatic N) is 1. The number of non-ortho nitro benzene ring substituents is 1. The van der Waals surface area contributed by atoms with Gasteiger partial charge in [-0.1, -0.05) is 26.0 Å². The fraction of sp³-hybridized carbons (Fsp3) is 0.462. The third-order valence-corrected chi connectivity index (χ3v) is 2.94. The Morgan fingerprint density at radius 3 is 2.61 bits per heavy atom. The monoisotopic (exact) mass is 250 g/mol. The number of amides is 1. The summed E-state index contributed by atoms with van der Waals surface area (Å²) >= 11 is 0. The molecule has 1 aromatic carbocycles. The van der Waals surface area contributed by atoms with Crippen LogP contribution in [0.5, 0.6) is 0 Å². The minimum atomic E-state index is -0.438. The summed E-state index contributed by atoms with van der Waals surface area (Å²) in [4.78, 5) is 21.9. The lowest BCUT2D eigenvalue weighted by atomic mass is 10.0. The quantitative estimate of drug-likeness (QED) is 0.623. The molecule has 1 rings (SSSR count). The zero-order valence-corrected chi connectivity index (χ0v) is 10.7. The second kappa shape index (κ2) is 6.74. The van der Waals surface area contributed by atoms with Gasteiger partial charge in [-0.2, -0.15) is 0 Å². The molecule has 0 heterocycles. The van der Waals surface area contributed by atoms with Gasteiger partial charge < -0.3 is 5.32 Å². The van der Waals surface area contributed by atoms with E-state index in [0.717, 1.165) is 18.4 Å². The molecule has 0 bridgehead atoms. The third-order valence-electron chi connectivity index (χ3n) is 2.94. The maximum atomic E-state index is 11.8. The van der Waals surface area contributed by atoms with Crippen molar-refractivity contribution < 1.29 is 9.72 Å². The molecule has 0 fully saturated rings. The Hall–Kier alpha value is -1.91. The van der Waals surface area contributed by atoms with Crippen LogP contribution in [-0.4, -0.2) is 10.8 Å². The first-order valence-corrected chi connectivity index (χ1v) is 6.09. The van der Waals surface area contributed by atoms with Gasteiger partial charge in [0, 0.05) is 24.6 Å². The van der Waals surface area contributed by atoms with Crippen molar-refractivity contribution in [3.63, 3.8) is 0 Å². The van der Waals surface area contributed by atoms with Gasteiger partial charge in [0.25, 0.3) is 5.69 Å². The van der Waals surface area contributed by atoms with Crippen LogP contribution in [-0.2, 0) is 11.3 Å². The molecule has 0 saturated heterocycles. The predicted octanol–water partition coefficient (Wildman–Crippen LogP) is 2.65. The van der Waals surface area contributed by atoms with Crippen LogP contribution in [0.25, 0.3) is 0 Å². The second-order valence-corrected chi connectivity index (χ2v) is 4.16. The van der Waals surface area contributed by atoms with Gasteiger partial charge in [-0.25, -0.2) is 0 Å². The van der Waals surface area contributed by atoms with Gasteiger partial charge in [-0.15, -0.1) is 0 Å². The van der Waals surface area contributed by atoms with Crippen LogP contribution in [0.4, 0.5) is 5.69 Å². The minimum absolute atomic E-state index is 0.00602. The molecule has 98 valence electrons. The number of nitrogens with one attached hydrogen (secondary N) is 1. The zero-order valence-electron chi connectivity index (χ0n) is 10.7. The molecule has 0 aromatic heterocycles. The number of carbonyl (C=O) groups is 1. The number of rotatable bonds is 6. The van der Waals surface area contributed by atoms with Crippen molar-refractivity contribution in [2.45, 2.75) is 33.2 Å². The van der Waals surface area contributed by atoms with Crippen LogP contribution >= 0.6 is 0 Å². The highest BCUT2D eigenvalue weighted by Gasteiger charge is 2.13. The first-order valence-electron chi connectivity index (χ1n) is 6.09. The van der Waals surface area contributed by atoms with Crippen molar-refractivity contribution in [3.8, 4) is 0 Å². The predicted molar refractivity (Wildman–Crippen MR) is 69.0 cm³/mol. The lowest BCUT2D eigenvalue weighted by Crippen LogP contribution is -2.29. The van der Waals surface area contributed by atoms with Gasteiger partial charge in [0.05, 0.1) is 4.92 Å². The maximum Gasteiger partial charge on any atom is 0.269 e. The molecule has 18 heavy (non-hydrogen) atoms. The fourth-order valence-electron chi connectivity index (χ4n) is 1.77. The average Bonchev–Trinajstić information content (AvgIpc) is 2.38. The molecule has 0 saturated carbocycles. The van der Waals surface area contributed by atoms with E-state index >= 15 is 0 Å². The average molecular weight is 250 g/mol. The van der Waals surface area contributed by atoms with Crippen molar-refractivity contribution in [2.75, 3.05) is 0 Å². The van der Waals surface area contributed by atoms with Crippen LogP contribution in [0.1, 0.15) is 32.3 Å². The molecule has 5 heteroatoms. The number of carbonyl (C=O) groups excluding carboxylic acids is 1. The van der Waals surface area contributed by atoms with Crippen LogP contribution in [0.15, 0.2) is 24.3 Å². The first kappa shape index (κ1) is 14.2. The molecule has 0 aliphatic rings. The van der Waals surface area contributed by atoms with Gasteiger partial charge in [0.15, 0.2) is 0 Å². The van der Waals surface area contributed by atoms with Crippen molar-refractivity contribution >= 4 is 11.6 Å². The Balaban J connectivity index is 2.61. The van der Waals surface area contributed by atoms with E-state index in [0.29, 0.717) is 6.54 Å². The number of nitro groups is 1. The molecule has 1 N–H and O–H groups in total. The second-order valence-electron chi connectivity index (χ2n) is 4.16. The number of benzene rings is 1. The summed E-state index contributed by atoms with van der Waals surface area (Å²) in [6.07, 6.45) is 1.61. The fourth-order valence-corrected chi connectivity index (χ4v) is 1.77. The highest BCUT2D eigenvalue weighted by Crippen LogP contribution is 2.13. The van der Waals surface area contributed by atoms with E-state index in [1.807, 2.05) is 13.8 Å². The summed E-state index contributed by atoms with van der Waals surface area (Å²) in [5, 5.41) is 13.4. The summed E-state index contributed by atoms with van der Waals surface area (Å²) in [5.41, 5.74) is 0.785. The van der Waals surface area contributed by atoms with E-state index in [4.69, 9.17) is 0 Å². The Morgan fingerprint density at radius 1 is 1.39 bits per heavy atom. The summed E-state index contributed by atoms with van der Waals surface area (Å²) in [6, 6.07) is 6.30. The van der Waals surface area contributed by atoms with E-state index in [-0.39, 0.29) is 17.5 Å². The standard InChI is InChI=1S/C13H18N2O3/c1-3-11(4-2)13(16)14-9-10-6-5-7-12(8-10)15(17)18/h5-8,11H,3-4,9H2,1-2H3,(H,14,16). The van der Waals surface area contributed by atoms with Gasteiger partial charge in [0.1, 0.15) is 0 Å². The SMILES string of the molecule is CCC(CC)C(=O)NCc1cccc([N+](=O)[O-])c1. The van der Waals surface area contributed by atoms with E-state index < -0.39 is 4.92 Å². The van der Waals surface area contributed by atoms with Gasteiger partial charge >= 0.3 is 0 Å². The van der Waals surface area contributed by atoms with Crippen LogP contribution in [0, 0.1) is 16.0 Å². The summed E-state index contributed by atoms with van der Waals surface area (Å²) in [6.45, 7) is 4.28. The first-order chi connectivity index (χ1) is 8.58. The zero-order chi connectivity index (χ0) is 13.5. The topological polar surface area (TPSA) is 72.2 Å². The molecule has 0 spiro atoms. The highest BCUT2D eigenvalue weighted by molar-refractivity contribution is 5.78. The Morgan fingerprint density at radius 2 is 2.06 bits per heavy atom. The summed E-state index contributed by atoms with van der Waals surface area (Å²) < 4.78 is 0. The number of hydrogen-bond acceptors (Lipinski definition) is 3. The largest absolute Gasteiger partial charge is 0.352 e. The van der Waals surface area contributed by atoms with E-state index in [9.17, 15) is 14.9 Å². The summed E-state index contributed by atoms with van der Waals surface area (Å²) in [5.74, 6) is 0.0233. The van der Waals surface area contributed by atoms with Gasteiger partial charge in [-0.3, -0.25) is 14.9 Å². The molecule has 0 radical (unpaired) electrons. The van der Waals surface area contributed by atoms with Crippen LogP contribution in [0.2, 0.25) is 0 Å². The van der Waals surface area contributed by atoms with Gasteiger partial charge in [-0.05, 0) is 18.4 Å². The molecular formula is C13H18N2O3. The van der Waals surface area contributed by atoms with Crippen LogP contribution < -0.4 is 5.32 Å². The van der Waals surface area contributed by atoms with Gasteiger partial charge in [0.2, 0.25) is 5.91 Å². The molecule has 5 nitrogen and oxygen atoms in total. The molecule has 0 unspecified atom stereocenters. The highest BCUT2D eigenvalue weighted by atomic mass is 16.6. The van der Waals surface area contributed by atoms with E-state index in [1.165, 1.54) is 12.1 Å². The molecule has 0 atom stereocenters. The minimum Gasteiger partial charge on any atom is -0.352 e. The summed E-state index contributed by atoms with van der Waals surface area (Å²) in [7, 11) is 0. The number of nitro benzene ring substituents is 1. The Labute approximate surface area is 106 Å². The Bertz CT molecular complexity index is 428. The molecule has 1 aromatic rings. The molecule has 1 amide bonds. The van der Waals surface area contributed by atoms with Crippen LogP contribution in [0.3, 0.4) is 0 Å². The van der Waals surface area contributed by atoms with Crippen molar-refractivity contribution in [1.82, 2.24) is 5.32 Å². The normalized spacial score (nSPS) is 10.4. The molecule has 0 aliphatic heterocycles. The van der Waals surface area contributed by atoms with E-state index in [2.05, 4.69) is 5.32 Å². The van der Waals surface area contributed by atoms with Crippen molar-refractivity contribution in [3.05, 3.63) is 39.9 Å². The maximum absolute atomic E-state index is 11.8.